The van der Waals surface area contributed by atoms with Gasteiger partial charge in [-0.2, -0.15) is 4.98 Å². The molecule has 0 unspecified atom stereocenters. The van der Waals surface area contributed by atoms with Crippen molar-refractivity contribution >= 4 is 17.5 Å². The van der Waals surface area contributed by atoms with E-state index < -0.39 is 0 Å². The van der Waals surface area contributed by atoms with Crippen LogP contribution in [-0.4, -0.2) is 52.3 Å². The van der Waals surface area contributed by atoms with Crippen LogP contribution < -0.4 is 15.4 Å². The fourth-order valence-corrected chi connectivity index (χ4v) is 2.62. The first-order valence-electron chi connectivity index (χ1n) is 8.23. The number of methoxy groups -OCH3 is 1. The maximum absolute atomic E-state index is 5.47. The van der Waals surface area contributed by atoms with E-state index in [0.29, 0.717) is 30.8 Å². The molecule has 0 saturated carbocycles. The second-order valence-electron chi connectivity index (χ2n) is 5.85. The fourth-order valence-electron chi connectivity index (χ4n) is 2.62. The van der Waals surface area contributed by atoms with Gasteiger partial charge in [-0.05, 0) is 24.3 Å². The highest BCUT2D eigenvalue weighted by molar-refractivity contribution is 5.62. The molecule has 26 heavy (non-hydrogen) atoms. The third-order valence-electron chi connectivity index (χ3n) is 4.16. The van der Waals surface area contributed by atoms with Gasteiger partial charge < -0.3 is 20.1 Å². The van der Waals surface area contributed by atoms with Gasteiger partial charge in [0, 0.05) is 18.9 Å². The molecule has 0 bridgehead atoms. The van der Waals surface area contributed by atoms with Gasteiger partial charge >= 0.3 is 0 Å². The molecule has 3 heterocycles. The lowest BCUT2D eigenvalue weighted by molar-refractivity contribution is 0.00667. The van der Waals surface area contributed by atoms with Gasteiger partial charge in [0.2, 0.25) is 5.95 Å². The Morgan fingerprint density at radius 2 is 2.15 bits per heavy atom. The Kier molecular flexibility index (Phi) is 4.36. The minimum Gasteiger partial charge on any atom is -0.494 e. The van der Waals surface area contributed by atoms with Crippen LogP contribution in [0.4, 0.5) is 17.5 Å². The summed E-state index contributed by atoms with van der Waals surface area (Å²) in [5.74, 6) is 2.24. The van der Waals surface area contributed by atoms with Crippen LogP contribution in [0.5, 0.6) is 5.75 Å². The molecule has 134 valence electrons. The molecule has 1 fully saturated rings. The first-order valence-corrected chi connectivity index (χ1v) is 8.23. The molecule has 1 saturated heterocycles. The zero-order chi connectivity index (χ0) is 17.9. The summed E-state index contributed by atoms with van der Waals surface area (Å²) in [7, 11) is 3.44. The van der Waals surface area contributed by atoms with E-state index in [-0.39, 0.29) is 0 Å². The van der Waals surface area contributed by atoms with Gasteiger partial charge in [0.1, 0.15) is 17.3 Å². The zero-order valence-corrected chi connectivity index (χ0v) is 14.5. The lowest BCUT2D eigenvalue weighted by atomic mass is 10.1. The molecule has 0 amide bonds. The van der Waals surface area contributed by atoms with Crippen LogP contribution in [0.2, 0.25) is 0 Å². The van der Waals surface area contributed by atoms with Crippen LogP contribution in [-0.2, 0) is 4.74 Å². The van der Waals surface area contributed by atoms with Gasteiger partial charge in [-0.25, -0.2) is 9.67 Å². The van der Waals surface area contributed by atoms with Crippen LogP contribution in [0.15, 0.2) is 36.7 Å². The number of rotatable bonds is 6. The summed E-state index contributed by atoms with van der Waals surface area (Å²) in [6.45, 7) is 1.38. The van der Waals surface area contributed by atoms with Gasteiger partial charge in [-0.1, -0.05) is 5.21 Å². The van der Waals surface area contributed by atoms with E-state index in [4.69, 9.17) is 9.47 Å². The van der Waals surface area contributed by atoms with E-state index in [0.717, 1.165) is 22.9 Å². The highest BCUT2D eigenvalue weighted by Crippen LogP contribution is 2.29. The molecule has 1 aromatic carbocycles. The van der Waals surface area contributed by atoms with Crippen molar-refractivity contribution in [2.24, 2.45) is 0 Å². The third-order valence-corrected chi connectivity index (χ3v) is 4.16. The highest BCUT2D eigenvalue weighted by atomic mass is 16.5. The Bertz CT molecular complexity index is 908. The molecule has 2 aromatic heterocycles. The monoisotopic (exact) mass is 353 g/mol. The Morgan fingerprint density at radius 3 is 2.88 bits per heavy atom. The molecule has 0 atom stereocenters. The number of nitrogens with zero attached hydrogens (tertiary/aromatic N) is 5. The van der Waals surface area contributed by atoms with Crippen LogP contribution >= 0.6 is 0 Å². The number of benzene rings is 1. The summed E-state index contributed by atoms with van der Waals surface area (Å²) in [5, 5.41) is 14.7. The van der Waals surface area contributed by atoms with Crippen molar-refractivity contribution in [1.29, 1.82) is 0 Å². The summed E-state index contributed by atoms with van der Waals surface area (Å²) in [6.07, 6.45) is 3.60. The first kappa shape index (κ1) is 16.3. The molecule has 9 nitrogen and oxygen atoms in total. The number of ether oxygens (including phenoxy) is 2. The molecule has 4 rings (SSSR count). The average Bonchev–Trinajstić information content (AvgIpc) is 3.09. The van der Waals surface area contributed by atoms with Gasteiger partial charge in [0.15, 0.2) is 0 Å². The molecule has 9 heteroatoms. The van der Waals surface area contributed by atoms with Crippen molar-refractivity contribution in [1.82, 2.24) is 25.0 Å². The van der Waals surface area contributed by atoms with E-state index in [1.165, 1.54) is 0 Å². The van der Waals surface area contributed by atoms with Gasteiger partial charge in [0.25, 0.3) is 0 Å². The van der Waals surface area contributed by atoms with E-state index in [9.17, 15) is 0 Å². The predicted octanol–water partition coefficient (Wildman–Crippen LogP) is 1.96. The van der Waals surface area contributed by atoms with E-state index in [1.807, 2.05) is 31.4 Å². The maximum atomic E-state index is 5.47. The van der Waals surface area contributed by atoms with Gasteiger partial charge in [0.05, 0.1) is 38.1 Å². The van der Waals surface area contributed by atoms with Crippen molar-refractivity contribution in [2.45, 2.75) is 5.92 Å². The summed E-state index contributed by atoms with van der Waals surface area (Å²) < 4.78 is 12.4. The normalized spacial score (nSPS) is 13.9. The number of aromatic nitrogens is 5. The van der Waals surface area contributed by atoms with Crippen LogP contribution in [0, 0.1) is 0 Å². The second kappa shape index (κ2) is 6.96. The molecule has 1 aliphatic heterocycles. The molecule has 0 spiro atoms. The average molecular weight is 353 g/mol. The lowest BCUT2D eigenvalue weighted by Crippen LogP contribution is -2.25. The van der Waals surface area contributed by atoms with Crippen LogP contribution in [0.1, 0.15) is 11.6 Å². The van der Waals surface area contributed by atoms with Crippen molar-refractivity contribution in [3.8, 4) is 11.4 Å². The van der Waals surface area contributed by atoms with Crippen molar-refractivity contribution in [3.63, 3.8) is 0 Å². The Hall–Kier alpha value is -3.20. The van der Waals surface area contributed by atoms with Crippen LogP contribution in [0.3, 0.4) is 0 Å². The maximum Gasteiger partial charge on any atom is 0.229 e. The molecule has 0 radical (unpaired) electrons. The summed E-state index contributed by atoms with van der Waals surface area (Å²) in [4.78, 5) is 8.60. The molecule has 2 N–H and O–H groups in total. The molecule has 3 aromatic rings. The van der Waals surface area contributed by atoms with Crippen molar-refractivity contribution in [2.75, 3.05) is 38.0 Å². The van der Waals surface area contributed by atoms with E-state index in [2.05, 4.69) is 30.9 Å². The van der Waals surface area contributed by atoms with Gasteiger partial charge in [-0.3, -0.25) is 0 Å². The van der Waals surface area contributed by atoms with Gasteiger partial charge in [-0.15, -0.1) is 5.10 Å². The standard InChI is InChI=1S/C17H19N7O2/c1-18-16-5-6-19-17(21-16)20-12-3-4-15(25-2)14(7-12)24-8-13(22-23-24)11-9-26-10-11/h3-8,11H,9-10H2,1-2H3,(H2,18,19,20,21). The molecular weight excluding hydrogens is 334 g/mol. The smallest absolute Gasteiger partial charge is 0.229 e. The Labute approximate surface area is 150 Å². The fraction of sp³-hybridized carbons (Fsp3) is 0.294. The number of nitrogens with one attached hydrogen (secondary N) is 2. The number of hydrogen-bond acceptors (Lipinski definition) is 8. The second-order valence-corrected chi connectivity index (χ2v) is 5.85. The van der Waals surface area contributed by atoms with Crippen LogP contribution in [0.25, 0.3) is 5.69 Å². The third kappa shape index (κ3) is 3.16. The number of hydrogen-bond donors (Lipinski definition) is 2. The summed E-state index contributed by atoms with van der Waals surface area (Å²) in [6, 6.07) is 7.48. The lowest BCUT2D eigenvalue weighted by Gasteiger charge is -2.23. The summed E-state index contributed by atoms with van der Waals surface area (Å²) >= 11 is 0. The molecule has 1 aliphatic rings. The number of anilines is 3. The summed E-state index contributed by atoms with van der Waals surface area (Å²) in [5.41, 5.74) is 2.51. The SMILES string of the molecule is CNc1ccnc(Nc2ccc(OC)c(-n3cc(C4COC4)nn3)c2)n1. The van der Waals surface area contributed by atoms with Crippen molar-refractivity contribution < 1.29 is 9.47 Å². The molecular formula is C17H19N7O2. The minimum absolute atomic E-state index is 0.314. The van der Waals surface area contributed by atoms with Crippen molar-refractivity contribution in [3.05, 3.63) is 42.4 Å². The predicted molar refractivity (Wildman–Crippen MR) is 96.3 cm³/mol. The molecule has 0 aliphatic carbocycles. The Morgan fingerprint density at radius 1 is 1.27 bits per heavy atom. The van der Waals surface area contributed by atoms with E-state index >= 15 is 0 Å². The van der Waals surface area contributed by atoms with E-state index in [1.54, 1.807) is 24.1 Å². The zero-order valence-electron chi connectivity index (χ0n) is 14.5. The quantitative estimate of drug-likeness (QED) is 0.694. The Balaban J connectivity index is 1.63. The minimum atomic E-state index is 0.314. The highest BCUT2D eigenvalue weighted by Gasteiger charge is 2.24. The topological polar surface area (TPSA) is 99.0 Å². The largest absolute Gasteiger partial charge is 0.494 e. The first-order chi connectivity index (χ1) is 12.8.